The Kier molecular flexibility index (Phi) is 5.21. The summed E-state index contributed by atoms with van der Waals surface area (Å²) in [5, 5.41) is 0. The maximum atomic E-state index is 6.40. The maximum Gasteiger partial charge on any atom is 0.119 e. The minimum absolute atomic E-state index is 0.147. The number of hydrogen-bond donors (Lipinski definition) is 1. The van der Waals surface area contributed by atoms with Crippen molar-refractivity contribution in [2.75, 3.05) is 20.2 Å². The van der Waals surface area contributed by atoms with Crippen molar-refractivity contribution in [1.29, 1.82) is 0 Å². The fourth-order valence-corrected chi connectivity index (χ4v) is 2.82. The van der Waals surface area contributed by atoms with Gasteiger partial charge >= 0.3 is 0 Å². The molecule has 1 aromatic rings. The van der Waals surface area contributed by atoms with E-state index in [0.29, 0.717) is 0 Å². The predicted octanol–water partition coefficient (Wildman–Crippen LogP) is 3.13. The van der Waals surface area contributed by atoms with Crippen molar-refractivity contribution in [3.05, 3.63) is 41.5 Å². The van der Waals surface area contributed by atoms with Crippen LogP contribution < -0.4 is 10.5 Å². The van der Waals surface area contributed by atoms with Crippen molar-refractivity contribution in [1.82, 2.24) is 4.90 Å². The second-order valence-electron chi connectivity index (χ2n) is 5.59. The van der Waals surface area contributed by atoms with Gasteiger partial charge in [0.25, 0.3) is 0 Å². The van der Waals surface area contributed by atoms with E-state index in [1.54, 1.807) is 7.11 Å². The molecule has 2 atom stereocenters. The van der Waals surface area contributed by atoms with Gasteiger partial charge < -0.3 is 10.5 Å². The zero-order chi connectivity index (χ0) is 14.5. The van der Waals surface area contributed by atoms with Crippen LogP contribution in [-0.4, -0.2) is 31.1 Å². The van der Waals surface area contributed by atoms with Crippen LogP contribution in [0.5, 0.6) is 5.75 Å². The number of ether oxygens (including phenoxy) is 1. The lowest BCUT2D eigenvalue weighted by Gasteiger charge is -2.37. The molecule has 0 aliphatic carbocycles. The van der Waals surface area contributed by atoms with Gasteiger partial charge in [0.2, 0.25) is 0 Å². The molecule has 2 unspecified atom stereocenters. The highest BCUT2D eigenvalue weighted by molar-refractivity contribution is 5.31. The first kappa shape index (κ1) is 15.1. The molecular weight excluding hydrogens is 248 g/mol. The summed E-state index contributed by atoms with van der Waals surface area (Å²) >= 11 is 0. The molecule has 0 saturated carbocycles. The average Bonchev–Trinajstić information content (AvgIpc) is 2.49. The van der Waals surface area contributed by atoms with E-state index < -0.39 is 0 Å². The van der Waals surface area contributed by atoms with Crippen LogP contribution in [0, 0.1) is 0 Å². The van der Waals surface area contributed by atoms with Crippen LogP contribution in [0.4, 0.5) is 0 Å². The Balaban J connectivity index is 2.27. The molecular formula is C17H26N2O. The molecule has 20 heavy (non-hydrogen) atoms. The highest BCUT2D eigenvalue weighted by Crippen LogP contribution is 2.29. The van der Waals surface area contributed by atoms with Crippen LogP contribution in [0.3, 0.4) is 0 Å². The van der Waals surface area contributed by atoms with E-state index in [4.69, 9.17) is 10.5 Å². The van der Waals surface area contributed by atoms with Gasteiger partial charge in [0, 0.05) is 19.1 Å². The minimum Gasteiger partial charge on any atom is -0.497 e. The van der Waals surface area contributed by atoms with Crippen molar-refractivity contribution in [2.24, 2.45) is 5.73 Å². The van der Waals surface area contributed by atoms with E-state index >= 15 is 0 Å². The lowest BCUT2D eigenvalue weighted by molar-refractivity contribution is 0.182. The van der Waals surface area contributed by atoms with Gasteiger partial charge in [0.15, 0.2) is 0 Å². The van der Waals surface area contributed by atoms with Crippen LogP contribution in [0.2, 0.25) is 0 Å². The van der Waals surface area contributed by atoms with Gasteiger partial charge in [0.05, 0.1) is 13.2 Å². The quantitative estimate of drug-likeness (QED) is 0.838. The fraction of sp³-hybridized carbons (Fsp3) is 0.529. The Hall–Kier alpha value is -1.32. The Morgan fingerprint density at radius 1 is 1.40 bits per heavy atom. The molecule has 2 rings (SSSR count). The Labute approximate surface area is 122 Å². The number of benzene rings is 1. The van der Waals surface area contributed by atoms with Crippen LogP contribution in [0.15, 0.2) is 35.9 Å². The molecule has 1 aliphatic rings. The molecule has 0 bridgehead atoms. The molecule has 0 aromatic heterocycles. The SMILES string of the molecule is CCC(N)C(c1cccc(OC)c1)N1CC=C(C)CC1. The second-order valence-corrected chi connectivity index (χ2v) is 5.59. The number of rotatable bonds is 5. The lowest BCUT2D eigenvalue weighted by atomic mass is 9.94. The highest BCUT2D eigenvalue weighted by atomic mass is 16.5. The summed E-state index contributed by atoms with van der Waals surface area (Å²) in [4.78, 5) is 2.48. The summed E-state index contributed by atoms with van der Waals surface area (Å²) in [7, 11) is 1.71. The van der Waals surface area contributed by atoms with Crippen LogP contribution in [0.1, 0.15) is 38.3 Å². The topological polar surface area (TPSA) is 38.5 Å². The molecule has 0 radical (unpaired) electrons. The second kappa shape index (κ2) is 6.91. The van der Waals surface area contributed by atoms with Gasteiger partial charge in [-0.15, -0.1) is 0 Å². The maximum absolute atomic E-state index is 6.40. The molecule has 0 spiro atoms. The first-order valence-electron chi connectivity index (χ1n) is 7.45. The molecule has 0 fully saturated rings. The van der Waals surface area contributed by atoms with Crippen molar-refractivity contribution in [3.8, 4) is 5.75 Å². The number of methoxy groups -OCH3 is 1. The third kappa shape index (κ3) is 3.41. The van der Waals surface area contributed by atoms with Crippen molar-refractivity contribution in [3.63, 3.8) is 0 Å². The monoisotopic (exact) mass is 274 g/mol. The first-order valence-corrected chi connectivity index (χ1v) is 7.45. The molecule has 0 amide bonds. The molecule has 1 heterocycles. The van der Waals surface area contributed by atoms with Gasteiger partial charge in [-0.3, -0.25) is 4.90 Å². The highest BCUT2D eigenvalue weighted by Gasteiger charge is 2.26. The lowest BCUT2D eigenvalue weighted by Crippen LogP contribution is -2.42. The Morgan fingerprint density at radius 3 is 2.80 bits per heavy atom. The van der Waals surface area contributed by atoms with E-state index in [9.17, 15) is 0 Å². The fourth-order valence-electron chi connectivity index (χ4n) is 2.82. The van der Waals surface area contributed by atoms with E-state index in [1.165, 1.54) is 11.1 Å². The number of nitrogens with zero attached hydrogens (tertiary/aromatic N) is 1. The zero-order valence-corrected chi connectivity index (χ0v) is 12.8. The molecule has 2 N–H and O–H groups in total. The smallest absolute Gasteiger partial charge is 0.119 e. The standard InChI is InChI=1S/C17H26N2O/c1-4-16(18)17(19-10-8-13(2)9-11-19)14-6-5-7-15(12-14)20-3/h5-8,12,16-17H,4,9-11,18H2,1-3H3. The molecule has 1 aromatic carbocycles. The summed E-state index contributed by atoms with van der Waals surface area (Å²) in [6.45, 7) is 6.43. The van der Waals surface area contributed by atoms with Crippen LogP contribution in [0.25, 0.3) is 0 Å². The van der Waals surface area contributed by atoms with E-state index in [0.717, 1.165) is 31.7 Å². The van der Waals surface area contributed by atoms with E-state index in [2.05, 4.69) is 43.0 Å². The van der Waals surface area contributed by atoms with Crippen LogP contribution in [-0.2, 0) is 0 Å². The zero-order valence-electron chi connectivity index (χ0n) is 12.8. The summed E-state index contributed by atoms with van der Waals surface area (Å²) in [5.74, 6) is 0.902. The number of hydrogen-bond acceptors (Lipinski definition) is 3. The van der Waals surface area contributed by atoms with Crippen molar-refractivity contribution in [2.45, 2.75) is 38.8 Å². The predicted molar refractivity (Wildman–Crippen MR) is 83.9 cm³/mol. The summed E-state index contributed by atoms with van der Waals surface area (Å²) in [6.07, 6.45) is 4.43. The third-order valence-electron chi connectivity index (χ3n) is 4.17. The Bertz CT molecular complexity index is 470. The van der Waals surface area contributed by atoms with Crippen molar-refractivity contribution >= 4 is 0 Å². The molecule has 3 nitrogen and oxygen atoms in total. The van der Waals surface area contributed by atoms with Gasteiger partial charge in [-0.05, 0) is 37.5 Å². The average molecular weight is 274 g/mol. The molecule has 3 heteroatoms. The van der Waals surface area contributed by atoms with Crippen LogP contribution >= 0.6 is 0 Å². The number of nitrogens with two attached hydrogens (primary N) is 1. The molecule has 1 aliphatic heterocycles. The minimum atomic E-state index is 0.147. The summed E-state index contributed by atoms with van der Waals surface area (Å²) < 4.78 is 5.35. The largest absolute Gasteiger partial charge is 0.497 e. The summed E-state index contributed by atoms with van der Waals surface area (Å²) in [6, 6.07) is 8.72. The van der Waals surface area contributed by atoms with Gasteiger partial charge in [-0.2, -0.15) is 0 Å². The Morgan fingerprint density at radius 2 is 2.20 bits per heavy atom. The molecule has 0 saturated heterocycles. The normalized spacial score (nSPS) is 19.3. The first-order chi connectivity index (χ1) is 9.65. The van der Waals surface area contributed by atoms with Gasteiger partial charge in [0.1, 0.15) is 5.75 Å². The third-order valence-corrected chi connectivity index (χ3v) is 4.17. The van der Waals surface area contributed by atoms with Gasteiger partial charge in [-0.1, -0.05) is 30.7 Å². The van der Waals surface area contributed by atoms with Gasteiger partial charge in [-0.25, -0.2) is 0 Å². The van der Waals surface area contributed by atoms with E-state index in [-0.39, 0.29) is 12.1 Å². The van der Waals surface area contributed by atoms with Crippen molar-refractivity contribution < 1.29 is 4.74 Å². The summed E-state index contributed by atoms with van der Waals surface area (Å²) in [5.41, 5.74) is 9.14. The molecule has 110 valence electrons. The van der Waals surface area contributed by atoms with E-state index in [1.807, 2.05) is 6.07 Å².